The van der Waals surface area contributed by atoms with E-state index in [9.17, 15) is 8.42 Å². The van der Waals surface area contributed by atoms with Gasteiger partial charge in [0, 0.05) is 15.2 Å². The minimum absolute atomic E-state index is 0.0164. The Morgan fingerprint density at radius 1 is 1.24 bits per heavy atom. The molecule has 0 aliphatic heterocycles. The van der Waals surface area contributed by atoms with Crippen LogP contribution in [-0.2, 0) is 26.8 Å². The summed E-state index contributed by atoms with van der Waals surface area (Å²) in [5.41, 5.74) is 0.577. The van der Waals surface area contributed by atoms with Crippen LogP contribution in [0.25, 0.3) is 0 Å². The van der Waals surface area contributed by atoms with Crippen molar-refractivity contribution >= 4 is 21.2 Å². The molecule has 0 saturated carbocycles. The minimum atomic E-state index is -3.31. The lowest BCUT2D eigenvalue weighted by Gasteiger charge is -2.10. The summed E-state index contributed by atoms with van der Waals surface area (Å²) in [5, 5.41) is 3.77. The fraction of sp³-hybridized carbons (Fsp3) is 0.571. The van der Waals surface area contributed by atoms with Crippen molar-refractivity contribution in [1.82, 2.24) is 10.1 Å². The highest BCUT2D eigenvalue weighted by molar-refractivity contribution is 7.89. The monoisotopic (exact) mass is 328 g/mol. The fourth-order valence-corrected chi connectivity index (χ4v) is 4.35. The highest BCUT2D eigenvalue weighted by Gasteiger charge is 2.24. The zero-order valence-electron chi connectivity index (χ0n) is 12.9. The van der Waals surface area contributed by atoms with Crippen LogP contribution in [0.2, 0.25) is 0 Å². The van der Waals surface area contributed by atoms with Gasteiger partial charge in [0.15, 0.2) is 15.7 Å². The second kappa shape index (κ2) is 5.53. The standard InChI is InChI=1S/C14H20N2O3S2/c1-9-6-11(10(2)20-9)7-21(17,18)8-12-15-13(19-16-12)14(3,4)5/h6H,7-8H2,1-5H3. The second-order valence-corrected chi connectivity index (χ2v) is 9.76. The third kappa shape index (κ3) is 4.14. The molecule has 2 heterocycles. The average Bonchev–Trinajstić information content (AvgIpc) is 2.85. The molecule has 0 unspecified atom stereocenters. The molecule has 5 nitrogen and oxygen atoms in total. The Balaban J connectivity index is 2.14. The van der Waals surface area contributed by atoms with E-state index < -0.39 is 9.84 Å². The SMILES string of the molecule is Cc1cc(CS(=O)(=O)Cc2noc(C(C)(C)C)n2)c(C)s1. The van der Waals surface area contributed by atoms with Crippen molar-refractivity contribution in [3.63, 3.8) is 0 Å². The number of aryl methyl sites for hydroxylation is 2. The van der Waals surface area contributed by atoms with Crippen molar-refractivity contribution in [3.8, 4) is 0 Å². The van der Waals surface area contributed by atoms with Gasteiger partial charge in [0.25, 0.3) is 0 Å². The summed E-state index contributed by atoms with van der Waals surface area (Å²) >= 11 is 1.61. The largest absolute Gasteiger partial charge is 0.339 e. The van der Waals surface area contributed by atoms with E-state index in [1.165, 1.54) is 0 Å². The van der Waals surface area contributed by atoms with Gasteiger partial charge >= 0.3 is 0 Å². The fourth-order valence-electron chi connectivity index (χ4n) is 1.93. The van der Waals surface area contributed by atoms with Gasteiger partial charge in [-0.2, -0.15) is 4.98 Å². The van der Waals surface area contributed by atoms with Crippen LogP contribution in [0.3, 0.4) is 0 Å². The Morgan fingerprint density at radius 2 is 1.90 bits per heavy atom. The molecule has 0 bridgehead atoms. The zero-order valence-corrected chi connectivity index (χ0v) is 14.6. The molecule has 2 aromatic heterocycles. The highest BCUT2D eigenvalue weighted by atomic mass is 32.2. The second-order valence-electron chi connectivity index (χ2n) is 6.24. The van der Waals surface area contributed by atoms with Crippen LogP contribution in [0, 0.1) is 13.8 Å². The van der Waals surface area contributed by atoms with Crippen molar-refractivity contribution in [2.24, 2.45) is 0 Å². The first-order valence-electron chi connectivity index (χ1n) is 6.66. The first-order valence-corrected chi connectivity index (χ1v) is 9.30. The van der Waals surface area contributed by atoms with Crippen LogP contribution < -0.4 is 0 Å². The number of thiophene rings is 1. The number of rotatable bonds is 4. The smallest absolute Gasteiger partial charge is 0.232 e. The summed E-state index contributed by atoms with van der Waals surface area (Å²) in [5.74, 6) is 0.503. The number of sulfone groups is 1. The van der Waals surface area contributed by atoms with Crippen LogP contribution in [0.15, 0.2) is 10.6 Å². The minimum Gasteiger partial charge on any atom is -0.339 e. The maximum absolute atomic E-state index is 12.3. The van der Waals surface area contributed by atoms with Crippen LogP contribution >= 0.6 is 11.3 Å². The van der Waals surface area contributed by atoms with Crippen molar-refractivity contribution < 1.29 is 12.9 Å². The molecule has 0 aliphatic carbocycles. The Hall–Kier alpha value is -1.21. The van der Waals surface area contributed by atoms with Gasteiger partial charge in [-0.15, -0.1) is 11.3 Å². The molecule has 7 heteroatoms. The molecule has 0 saturated heterocycles. The van der Waals surface area contributed by atoms with Crippen molar-refractivity contribution in [1.29, 1.82) is 0 Å². The quantitative estimate of drug-likeness (QED) is 0.862. The van der Waals surface area contributed by atoms with Gasteiger partial charge < -0.3 is 4.52 Å². The Morgan fingerprint density at radius 3 is 2.38 bits per heavy atom. The highest BCUT2D eigenvalue weighted by Crippen LogP contribution is 2.24. The van der Waals surface area contributed by atoms with Crippen molar-refractivity contribution in [2.45, 2.75) is 51.5 Å². The lowest BCUT2D eigenvalue weighted by Crippen LogP contribution is -2.12. The first kappa shape index (κ1) is 16.2. The van der Waals surface area contributed by atoms with Crippen LogP contribution in [-0.4, -0.2) is 18.6 Å². The van der Waals surface area contributed by atoms with E-state index in [0.29, 0.717) is 5.89 Å². The van der Waals surface area contributed by atoms with Gasteiger partial charge in [0.05, 0.1) is 5.75 Å². The van der Waals surface area contributed by atoms with Gasteiger partial charge in [-0.25, -0.2) is 8.42 Å². The summed E-state index contributed by atoms with van der Waals surface area (Å²) in [6.07, 6.45) is 0. The molecule has 0 radical (unpaired) electrons. The normalized spacial score (nSPS) is 12.8. The van der Waals surface area contributed by atoms with Crippen molar-refractivity contribution in [2.75, 3.05) is 0 Å². The average molecular weight is 328 g/mol. The molecule has 116 valence electrons. The van der Waals surface area contributed by atoms with E-state index in [0.717, 1.165) is 15.3 Å². The summed E-state index contributed by atoms with van der Waals surface area (Å²) in [6.45, 7) is 9.74. The zero-order chi connectivity index (χ0) is 15.8. The molecule has 21 heavy (non-hydrogen) atoms. The Kier molecular flexibility index (Phi) is 4.26. The number of hydrogen-bond acceptors (Lipinski definition) is 6. The van der Waals surface area contributed by atoms with Crippen LogP contribution in [0.1, 0.15) is 47.8 Å². The van der Waals surface area contributed by atoms with Gasteiger partial charge in [0.2, 0.25) is 5.89 Å². The molecule has 0 N–H and O–H groups in total. The van der Waals surface area contributed by atoms with E-state index in [-0.39, 0.29) is 22.7 Å². The van der Waals surface area contributed by atoms with E-state index in [1.807, 2.05) is 40.7 Å². The van der Waals surface area contributed by atoms with Crippen LogP contribution in [0.5, 0.6) is 0 Å². The van der Waals surface area contributed by atoms with Gasteiger partial charge in [-0.05, 0) is 25.5 Å². The Labute approximate surface area is 129 Å². The van der Waals surface area contributed by atoms with Crippen molar-refractivity contribution in [3.05, 3.63) is 33.1 Å². The maximum Gasteiger partial charge on any atom is 0.232 e. The molecule has 2 aromatic rings. The third-order valence-electron chi connectivity index (χ3n) is 2.98. The van der Waals surface area contributed by atoms with Gasteiger partial charge in [-0.1, -0.05) is 25.9 Å². The predicted octanol–water partition coefficient (Wildman–Crippen LogP) is 3.16. The molecule has 0 fully saturated rings. The predicted molar refractivity (Wildman–Crippen MR) is 83.1 cm³/mol. The first-order chi connectivity index (χ1) is 9.57. The third-order valence-corrected chi connectivity index (χ3v) is 5.43. The molecule has 0 amide bonds. The Bertz CT molecular complexity index is 737. The van der Waals surface area contributed by atoms with E-state index >= 15 is 0 Å². The summed E-state index contributed by atoms with van der Waals surface area (Å²) in [7, 11) is -3.31. The van der Waals surface area contributed by atoms with Gasteiger partial charge in [0.1, 0.15) is 5.75 Å². The molecular weight excluding hydrogens is 308 g/mol. The molecule has 0 aromatic carbocycles. The maximum atomic E-state index is 12.3. The lowest BCUT2D eigenvalue weighted by molar-refractivity contribution is 0.319. The van der Waals surface area contributed by atoms with E-state index in [4.69, 9.17) is 4.52 Å². The number of nitrogens with zero attached hydrogens (tertiary/aromatic N) is 2. The summed E-state index contributed by atoms with van der Waals surface area (Å²) in [6, 6.07) is 1.92. The summed E-state index contributed by atoms with van der Waals surface area (Å²) in [4.78, 5) is 6.34. The van der Waals surface area contributed by atoms with E-state index in [1.54, 1.807) is 11.3 Å². The molecule has 0 spiro atoms. The number of hydrogen-bond donors (Lipinski definition) is 0. The number of aromatic nitrogens is 2. The molecular formula is C14H20N2O3S2. The lowest BCUT2D eigenvalue weighted by atomic mass is 9.97. The van der Waals surface area contributed by atoms with E-state index in [2.05, 4.69) is 10.1 Å². The molecule has 0 atom stereocenters. The van der Waals surface area contributed by atoms with Gasteiger partial charge in [-0.3, -0.25) is 0 Å². The van der Waals surface area contributed by atoms with Crippen LogP contribution in [0.4, 0.5) is 0 Å². The molecule has 0 aliphatic rings. The molecule has 2 rings (SSSR count). The topological polar surface area (TPSA) is 73.1 Å². The summed E-state index contributed by atoms with van der Waals surface area (Å²) < 4.78 is 29.7.